The standard InChI is InChI=1S/C15H17ClN2O2S/c1-10(11-6-14(16)21-9-11)17-12-4-3-5-13(7-12)18-15(19)8-20-2/h3-7,9-10,17H,8H2,1-2H3,(H,18,19). The Bertz CT molecular complexity index is 615. The van der Waals surface area contributed by atoms with Crippen molar-refractivity contribution in [2.75, 3.05) is 24.4 Å². The molecule has 112 valence electrons. The molecule has 0 aliphatic rings. The second kappa shape index (κ2) is 7.45. The van der Waals surface area contributed by atoms with Gasteiger partial charge in [-0.1, -0.05) is 17.7 Å². The fourth-order valence-electron chi connectivity index (χ4n) is 1.90. The molecule has 1 aromatic heterocycles. The lowest BCUT2D eigenvalue weighted by atomic mass is 10.1. The molecule has 2 N–H and O–H groups in total. The molecule has 4 nitrogen and oxygen atoms in total. The number of rotatable bonds is 6. The minimum atomic E-state index is -0.174. The number of thiophene rings is 1. The van der Waals surface area contributed by atoms with Gasteiger partial charge < -0.3 is 15.4 Å². The molecule has 21 heavy (non-hydrogen) atoms. The lowest BCUT2D eigenvalue weighted by Crippen LogP contribution is -2.17. The van der Waals surface area contributed by atoms with Crippen LogP contribution >= 0.6 is 22.9 Å². The van der Waals surface area contributed by atoms with Crippen LogP contribution in [0.4, 0.5) is 11.4 Å². The summed E-state index contributed by atoms with van der Waals surface area (Å²) in [5, 5.41) is 8.19. The van der Waals surface area contributed by atoms with Crippen LogP contribution in [0, 0.1) is 0 Å². The van der Waals surface area contributed by atoms with E-state index in [1.807, 2.05) is 35.7 Å². The quantitative estimate of drug-likeness (QED) is 0.839. The maximum absolute atomic E-state index is 11.5. The van der Waals surface area contributed by atoms with E-state index in [9.17, 15) is 4.79 Å². The van der Waals surface area contributed by atoms with Gasteiger partial charge in [0.1, 0.15) is 6.61 Å². The molecule has 2 rings (SSSR count). The second-order valence-electron chi connectivity index (χ2n) is 4.61. The van der Waals surface area contributed by atoms with Crippen LogP contribution in [-0.4, -0.2) is 19.6 Å². The van der Waals surface area contributed by atoms with Crippen molar-refractivity contribution in [2.24, 2.45) is 0 Å². The number of carbonyl (C=O) groups is 1. The molecule has 0 aliphatic heterocycles. The molecule has 0 radical (unpaired) electrons. The Hall–Kier alpha value is -1.56. The van der Waals surface area contributed by atoms with Crippen molar-refractivity contribution in [3.8, 4) is 0 Å². The highest BCUT2D eigenvalue weighted by molar-refractivity contribution is 7.14. The largest absolute Gasteiger partial charge is 0.378 e. The minimum Gasteiger partial charge on any atom is -0.378 e. The Balaban J connectivity index is 2.02. The van der Waals surface area contributed by atoms with Crippen LogP contribution in [0.3, 0.4) is 0 Å². The van der Waals surface area contributed by atoms with Gasteiger partial charge in [0, 0.05) is 24.5 Å². The SMILES string of the molecule is COCC(=O)Nc1cccc(NC(C)c2csc(Cl)c2)c1. The number of carbonyl (C=O) groups excluding carboxylic acids is 1. The predicted octanol–water partition coefficient (Wildman–Crippen LogP) is 4.16. The van der Waals surface area contributed by atoms with Gasteiger partial charge in [-0.05, 0) is 42.1 Å². The van der Waals surface area contributed by atoms with E-state index < -0.39 is 0 Å². The summed E-state index contributed by atoms with van der Waals surface area (Å²) in [6.45, 7) is 2.11. The van der Waals surface area contributed by atoms with Crippen molar-refractivity contribution in [3.05, 3.63) is 45.6 Å². The predicted molar refractivity (Wildman–Crippen MR) is 88.3 cm³/mol. The molecule has 0 spiro atoms. The van der Waals surface area contributed by atoms with Gasteiger partial charge in [0.15, 0.2) is 0 Å². The number of ether oxygens (including phenoxy) is 1. The Kier molecular flexibility index (Phi) is 5.61. The first kappa shape index (κ1) is 15.8. The summed E-state index contributed by atoms with van der Waals surface area (Å²) in [7, 11) is 1.49. The van der Waals surface area contributed by atoms with Gasteiger partial charge in [0.25, 0.3) is 0 Å². The molecule has 2 aromatic rings. The molecule has 1 atom stereocenters. The van der Waals surface area contributed by atoms with Gasteiger partial charge in [-0.2, -0.15) is 0 Å². The summed E-state index contributed by atoms with van der Waals surface area (Å²) < 4.78 is 5.57. The zero-order chi connectivity index (χ0) is 15.2. The average Bonchev–Trinajstić information content (AvgIpc) is 2.86. The number of halogens is 1. The van der Waals surface area contributed by atoms with E-state index in [0.29, 0.717) is 0 Å². The number of benzene rings is 1. The van der Waals surface area contributed by atoms with Gasteiger partial charge in [-0.15, -0.1) is 11.3 Å². The third-order valence-electron chi connectivity index (χ3n) is 2.89. The van der Waals surface area contributed by atoms with E-state index in [1.54, 1.807) is 0 Å². The summed E-state index contributed by atoms with van der Waals surface area (Å²) in [6, 6.07) is 9.66. The molecule has 1 aromatic carbocycles. The van der Waals surface area contributed by atoms with Crippen LogP contribution in [0.5, 0.6) is 0 Å². The van der Waals surface area contributed by atoms with E-state index in [0.717, 1.165) is 21.3 Å². The normalized spacial score (nSPS) is 12.0. The molecular weight excluding hydrogens is 308 g/mol. The fraction of sp³-hybridized carbons (Fsp3) is 0.267. The molecule has 0 bridgehead atoms. The lowest BCUT2D eigenvalue weighted by molar-refractivity contribution is -0.119. The van der Waals surface area contributed by atoms with Crippen molar-refractivity contribution < 1.29 is 9.53 Å². The Morgan fingerprint density at radius 1 is 1.38 bits per heavy atom. The molecule has 0 saturated heterocycles. The van der Waals surface area contributed by atoms with E-state index in [4.69, 9.17) is 16.3 Å². The Labute approximate surface area is 133 Å². The van der Waals surface area contributed by atoms with E-state index >= 15 is 0 Å². The van der Waals surface area contributed by atoms with Crippen LogP contribution in [-0.2, 0) is 9.53 Å². The third-order valence-corrected chi connectivity index (χ3v) is 4.00. The first-order chi connectivity index (χ1) is 10.1. The van der Waals surface area contributed by atoms with Crippen molar-refractivity contribution in [2.45, 2.75) is 13.0 Å². The van der Waals surface area contributed by atoms with Crippen molar-refractivity contribution in [3.63, 3.8) is 0 Å². The van der Waals surface area contributed by atoms with Gasteiger partial charge in [0.05, 0.1) is 4.34 Å². The number of methoxy groups -OCH3 is 1. The minimum absolute atomic E-state index is 0.0431. The Morgan fingerprint density at radius 3 is 2.81 bits per heavy atom. The maximum atomic E-state index is 11.5. The van der Waals surface area contributed by atoms with Crippen molar-refractivity contribution in [1.82, 2.24) is 0 Å². The number of hydrogen-bond acceptors (Lipinski definition) is 4. The number of nitrogens with one attached hydrogen (secondary N) is 2. The van der Waals surface area contributed by atoms with E-state index in [-0.39, 0.29) is 18.6 Å². The van der Waals surface area contributed by atoms with Crippen molar-refractivity contribution in [1.29, 1.82) is 0 Å². The third kappa shape index (κ3) is 4.74. The molecule has 1 unspecified atom stereocenters. The monoisotopic (exact) mass is 324 g/mol. The van der Waals surface area contributed by atoms with E-state index in [2.05, 4.69) is 17.6 Å². The molecule has 0 saturated carbocycles. The topological polar surface area (TPSA) is 50.4 Å². The highest BCUT2D eigenvalue weighted by atomic mass is 35.5. The fourth-order valence-corrected chi connectivity index (χ4v) is 2.88. The summed E-state index contributed by atoms with van der Waals surface area (Å²) in [5.74, 6) is -0.174. The van der Waals surface area contributed by atoms with Gasteiger partial charge in [-0.3, -0.25) is 4.79 Å². The second-order valence-corrected chi connectivity index (χ2v) is 6.15. The highest BCUT2D eigenvalue weighted by Crippen LogP contribution is 2.27. The molecule has 0 aliphatic carbocycles. The molecule has 6 heteroatoms. The smallest absolute Gasteiger partial charge is 0.250 e. The van der Waals surface area contributed by atoms with Crippen LogP contribution in [0.25, 0.3) is 0 Å². The van der Waals surface area contributed by atoms with Crippen LogP contribution in [0.2, 0.25) is 4.34 Å². The van der Waals surface area contributed by atoms with Crippen LogP contribution < -0.4 is 10.6 Å². The molecule has 1 amide bonds. The highest BCUT2D eigenvalue weighted by Gasteiger charge is 2.08. The number of hydrogen-bond donors (Lipinski definition) is 2. The summed E-state index contributed by atoms with van der Waals surface area (Å²) in [6.07, 6.45) is 0. The van der Waals surface area contributed by atoms with Crippen LogP contribution in [0.1, 0.15) is 18.5 Å². The van der Waals surface area contributed by atoms with Crippen molar-refractivity contribution >= 4 is 40.2 Å². The summed E-state index contributed by atoms with van der Waals surface area (Å²) in [4.78, 5) is 11.5. The lowest BCUT2D eigenvalue weighted by Gasteiger charge is -2.15. The Morgan fingerprint density at radius 2 is 2.14 bits per heavy atom. The zero-order valence-corrected chi connectivity index (χ0v) is 13.4. The zero-order valence-electron chi connectivity index (χ0n) is 11.9. The number of anilines is 2. The van der Waals surface area contributed by atoms with Gasteiger partial charge in [-0.25, -0.2) is 0 Å². The summed E-state index contributed by atoms with van der Waals surface area (Å²) in [5.41, 5.74) is 2.80. The number of amides is 1. The van der Waals surface area contributed by atoms with Crippen LogP contribution in [0.15, 0.2) is 35.7 Å². The molecular formula is C15H17ClN2O2S. The first-order valence-corrected chi connectivity index (χ1v) is 7.73. The maximum Gasteiger partial charge on any atom is 0.250 e. The molecule has 1 heterocycles. The molecule has 0 fully saturated rings. The average molecular weight is 325 g/mol. The van der Waals surface area contributed by atoms with Gasteiger partial charge in [0.2, 0.25) is 5.91 Å². The van der Waals surface area contributed by atoms with Gasteiger partial charge >= 0.3 is 0 Å². The van der Waals surface area contributed by atoms with E-state index in [1.165, 1.54) is 18.4 Å². The summed E-state index contributed by atoms with van der Waals surface area (Å²) >= 11 is 7.47. The first-order valence-electron chi connectivity index (χ1n) is 6.48.